The van der Waals surface area contributed by atoms with Crippen molar-refractivity contribution in [3.8, 4) is 5.75 Å². The third-order valence-corrected chi connectivity index (χ3v) is 4.32. The van der Waals surface area contributed by atoms with E-state index in [9.17, 15) is 0 Å². The maximum Gasteiger partial charge on any atom is 0.498 e. The minimum atomic E-state index is -0.415. The van der Waals surface area contributed by atoms with Crippen molar-refractivity contribution >= 4 is 12.6 Å². The minimum Gasteiger partial charge on any atom is -0.487 e. The van der Waals surface area contributed by atoms with Crippen molar-refractivity contribution in [2.24, 2.45) is 0 Å². The van der Waals surface area contributed by atoms with E-state index in [1.165, 1.54) is 0 Å². The third kappa shape index (κ3) is 3.17. The van der Waals surface area contributed by atoms with Crippen molar-refractivity contribution in [1.82, 2.24) is 0 Å². The van der Waals surface area contributed by atoms with E-state index in [4.69, 9.17) is 14.0 Å². The molecule has 1 aromatic rings. The zero-order chi connectivity index (χ0) is 15.8. The Kier molecular flexibility index (Phi) is 4.23. The predicted octanol–water partition coefficient (Wildman–Crippen LogP) is 3.25. The van der Waals surface area contributed by atoms with Crippen molar-refractivity contribution in [2.75, 3.05) is 0 Å². The molecular weight excluding hydrogens is 263 g/mol. The van der Waals surface area contributed by atoms with Gasteiger partial charge in [-0.2, -0.15) is 0 Å². The Morgan fingerprint density at radius 1 is 1.19 bits per heavy atom. The lowest BCUT2D eigenvalue weighted by Gasteiger charge is -2.32. The van der Waals surface area contributed by atoms with Gasteiger partial charge < -0.3 is 14.0 Å². The molecule has 4 heteroatoms. The Bertz CT molecular complexity index is 521. The van der Waals surface area contributed by atoms with E-state index < -0.39 is 7.12 Å². The van der Waals surface area contributed by atoms with Crippen molar-refractivity contribution in [3.63, 3.8) is 0 Å². The highest BCUT2D eigenvalue weighted by Crippen LogP contribution is 2.37. The Morgan fingerprint density at radius 3 is 2.29 bits per heavy atom. The van der Waals surface area contributed by atoms with Gasteiger partial charge in [0.25, 0.3) is 0 Å². The van der Waals surface area contributed by atoms with Crippen LogP contribution in [0.15, 0.2) is 30.9 Å². The first-order chi connectivity index (χ1) is 9.66. The van der Waals surface area contributed by atoms with Gasteiger partial charge in [-0.25, -0.2) is 0 Å². The summed E-state index contributed by atoms with van der Waals surface area (Å²) in [4.78, 5) is 0. The van der Waals surface area contributed by atoms with Crippen LogP contribution >= 0.6 is 0 Å². The van der Waals surface area contributed by atoms with E-state index in [1.807, 2.05) is 19.1 Å². The molecule has 1 aliphatic rings. The summed E-state index contributed by atoms with van der Waals surface area (Å²) in [6.45, 7) is 16.0. The summed E-state index contributed by atoms with van der Waals surface area (Å²) in [5, 5.41) is 0. The average Bonchev–Trinajstić information content (AvgIpc) is 2.60. The summed E-state index contributed by atoms with van der Waals surface area (Å²) < 4.78 is 18.2. The van der Waals surface area contributed by atoms with Gasteiger partial charge in [0.1, 0.15) is 11.9 Å². The molecule has 2 rings (SSSR count). The highest BCUT2D eigenvalue weighted by atomic mass is 16.7. The number of hydrogen-bond donors (Lipinski definition) is 0. The largest absolute Gasteiger partial charge is 0.498 e. The van der Waals surface area contributed by atoms with Crippen LogP contribution in [-0.4, -0.2) is 24.4 Å². The lowest BCUT2D eigenvalue weighted by atomic mass is 9.77. The van der Waals surface area contributed by atoms with Crippen LogP contribution in [0, 0.1) is 6.92 Å². The number of rotatable bonds is 4. The molecule has 1 atom stereocenters. The van der Waals surface area contributed by atoms with Gasteiger partial charge in [-0.1, -0.05) is 30.4 Å². The number of hydrogen-bond acceptors (Lipinski definition) is 3. The van der Waals surface area contributed by atoms with Crippen LogP contribution in [0.5, 0.6) is 5.75 Å². The van der Waals surface area contributed by atoms with Gasteiger partial charge in [-0.15, -0.1) is 0 Å². The summed E-state index contributed by atoms with van der Waals surface area (Å²) in [6.07, 6.45) is 1.71. The number of ether oxygens (including phenoxy) is 1. The zero-order valence-corrected chi connectivity index (χ0v) is 13.9. The third-order valence-electron chi connectivity index (χ3n) is 4.32. The highest BCUT2D eigenvalue weighted by molar-refractivity contribution is 6.63. The Balaban J connectivity index is 2.35. The molecule has 3 nitrogen and oxygen atoms in total. The predicted molar refractivity (Wildman–Crippen MR) is 87.2 cm³/mol. The molecule has 0 bridgehead atoms. The normalized spacial score (nSPS) is 21.1. The van der Waals surface area contributed by atoms with Crippen LogP contribution in [0.25, 0.3) is 0 Å². The molecule has 0 aliphatic carbocycles. The van der Waals surface area contributed by atoms with Gasteiger partial charge in [0.15, 0.2) is 0 Å². The monoisotopic (exact) mass is 288 g/mol. The van der Waals surface area contributed by atoms with Crippen LogP contribution in [0.1, 0.15) is 40.2 Å². The smallest absolute Gasteiger partial charge is 0.487 e. The molecule has 0 aromatic heterocycles. The molecule has 0 spiro atoms. The van der Waals surface area contributed by atoms with Crippen molar-refractivity contribution in [2.45, 2.75) is 58.8 Å². The van der Waals surface area contributed by atoms with Gasteiger partial charge in [0, 0.05) is 5.46 Å². The van der Waals surface area contributed by atoms with E-state index in [0.717, 1.165) is 16.8 Å². The van der Waals surface area contributed by atoms with Gasteiger partial charge >= 0.3 is 7.12 Å². The van der Waals surface area contributed by atoms with Gasteiger partial charge in [-0.05, 0) is 47.6 Å². The Hall–Kier alpha value is -1.26. The van der Waals surface area contributed by atoms with Crippen molar-refractivity contribution < 1.29 is 14.0 Å². The van der Waals surface area contributed by atoms with Crippen molar-refractivity contribution in [3.05, 3.63) is 36.4 Å². The van der Waals surface area contributed by atoms with E-state index in [-0.39, 0.29) is 17.3 Å². The quantitative estimate of drug-likeness (QED) is 0.629. The second kappa shape index (κ2) is 5.50. The van der Waals surface area contributed by atoms with E-state index in [2.05, 4.69) is 47.3 Å². The molecule has 114 valence electrons. The lowest BCUT2D eigenvalue weighted by molar-refractivity contribution is 0.00578. The first-order valence-corrected chi connectivity index (χ1v) is 7.42. The summed E-state index contributed by atoms with van der Waals surface area (Å²) in [6, 6.07) is 6.06. The molecule has 21 heavy (non-hydrogen) atoms. The lowest BCUT2D eigenvalue weighted by Crippen LogP contribution is -2.41. The minimum absolute atomic E-state index is 0.0612. The second-order valence-electron chi connectivity index (χ2n) is 6.69. The summed E-state index contributed by atoms with van der Waals surface area (Å²) >= 11 is 0. The summed E-state index contributed by atoms with van der Waals surface area (Å²) in [5.41, 5.74) is 1.37. The fourth-order valence-electron chi connectivity index (χ4n) is 2.18. The second-order valence-corrected chi connectivity index (χ2v) is 6.69. The standard InChI is InChI=1S/C17H25BO3/c1-8-13(3)19-15-10-9-12(2)11-14(15)18-20-16(4,5)17(6,7)21-18/h8-11,13H,1H2,2-7H3. The molecule has 1 heterocycles. The molecule has 0 N–H and O–H groups in total. The number of benzene rings is 1. The average molecular weight is 288 g/mol. The van der Waals surface area contributed by atoms with Gasteiger partial charge in [-0.3, -0.25) is 0 Å². The van der Waals surface area contributed by atoms with Crippen LogP contribution in [-0.2, 0) is 9.31 Å². The fourth-order valence-corrected chi connectivity index (χ4v) is 2.18. The molecule has 1 aliphatic heterocycles. The Labute approximate surface area is 128 Å². The maximum absolute atomic E-state index is 6.13. The van der Waals surface area contributed by atoms with Crippen LogP contribution < -0.4 is 10.2 Å². The molecule has 1 unspecified atom stereocenters. The molecule has 1 aromatic carbocycles. The number of aryl methyl sites for hydroxylation is 1. The fraction of sp³-hybridized carbons (Fsp3) is 0.529. The van der Waals surface area contributed by atoms with E-state index in [1.54, 1.807) is 6.08 Å². The van der Waals surface area contributed by atoms with Crippen LogP contribution in [0.3, 0.4) is 0 Å². The topological polar surface area (TPSA) is 27.7 Å². The molecule has 0 radical (unpaired) electrons. The maximum atomic E-state index is 6.13. The van der Waals surface area contributed by atoms with Gasteiger partial charge in [0.05, 0.1) is 11.2 Å². The molecule has 1 fully saturated rings. The van der Waals surface area contributed by atoms with E-state index >= 15 is 0 Å². The van der Waals surface area contributed by atoms with Gasteiger partial charge in [0.2, 0.25) is 0 Å². The molecule has 0 amide bonds. The Morgan fingerprint density at radius 2 is 1.76 bits per heavy atom. The van der Waals surface area contributed by atoms with Crippen molar-refractivity contribution in [1.29, 1.82) is 0 Å². The summed E-state index contributed by atoms with van der Waals surface area (Å²) in [7, 11) is -0.415. The molecule has 0 saturated carbocycles. The SMILES string of the molecule is C=CC(C)Oc1ccc(C)cc1B1OC(C)(C)C(C)(C)O1. The first-order valence-electron chi connectivity index (χ1n) is 7.42. The highest BCUT2D eigenvalue weighted by Gasteiger charge is 2.52. The summed E-state index contributed by atoms with van der Waals surface area (Å²) in [5.74, 6) is 0.784. The first kappa shape index (κ1) is 16.1. The van der Waals surface area contributed by atoms with E-state index in [0.29, 0.717) is 0 Å². The zero-order valence-electron chi connectivity index (χ0n) is 13.9. The van der Waals surface area contributed by atoms with Crippen LogP contribution in [0.4, 0.5) is 0 Å². The van der Waals surface area contributed by atoms with Crippen LogP contribution in [0.2, 0.25) is 0 Å². The molecule has 1 saturated heterocycles. The molecular formula is C17H25BO3.